The SMILES string of the molecule is Cc1cc(C(=O)NCC(O)c2ccc(F)cc2)c2cnn(Cc3cccs3)c2n1. The molecule has 0 aliphatic heterocycles. The summed E-state index contributed by atoms with van der Waals surface area (Å²) in [5, 5.41) is 20.1. The first-order valence-electron chi connectivity index (χ1n) is 9.08. The van der Waals surface area contributed by atoms with E-state index in [-0.39, 0.29) is 18.3 Å². The monoisotopic (exact) mass is 410 g/mol. The lowest BCUT2D eigenvalue weighted by Gasteiger charge is -2.13. The molecule has 0 saturated heterocycles. The van der Waals surface area contributed by atoms with E-state index >= 15 is 0 Å². The quantitative estimate of drug-likeness (QED) is 0.510. The van der Waals surface area contributed by atoms with Crippen molar-refractivity contribution in [3.8, 4) is 0 Å². The first kappa shape index (κ1) is 19.2. The van der Waals surface area contributed by atoms with E-state index in [0.29, 0.717) is 34.4 Å². The minimum atomic E-state index is -0.931. The van der Waals surface area contributed by atoms with Crippen molar-refractivity contribution < 1.29 is 14.3 Å². The summed E-state index contributed by atoms with van der Waals surface area (Å²) < 4.78 is 14.8. The average Bonchev–Trinajstić information content (AvgIpc) is 3.36. The Morgan fingerprint density at radius 3 is 2.83 bits per heavy atom. The number of aliphatic hydroxyl groups excluding tert-OH is 1. The number of hydrogen-bond acceptors (Lipinski definition) is 5. The molecule has 3 aromatic heterocycles. The summed E-state index contributed by atoms with van der Waals surface area (Å²) in [7, 11) is 0. The number of hydrogen-bond donors (Lipinski definition) is 2. The van der Waals surface area contributed by atoms with Crippen LogP contribution in [0.2, 0.25) is 0 Å². The van der Waals surface area contributed by atoms with Crippen molar-refractivity contribution in [1.82, 2.24) is 20.1 Å². The second kappa shape index (κ2) is 8.10. The third-order valence-electron chi connectivity index (χ3n) is 4.58. The fourth-order valence-electron chi connectivity index (χ4n) is 3.11. The van der Waals surface area contributed by atoms with Gasteiger partial charge in [-0.2, -0.15) is 5.10 Å². The lowest BCUT2D eigenvalue weighted by molar-refractivity contribution is 0.0917. The highest BCUT2D eigenvalue weighted by atomic mass is 32.1. The molecule has 0 fully saturated rings. The average molecular weight is 410 g/mol. The third-order valence-corrected chi connectivity index (χ3v) is 5.44. The normalized spacial score (nSPS) is 12.2. The van der Waals surface area contributed by atoms with Crippen LogP contribution in [0.3, 0.4) is 0 Å². The Morgan fingerprint density at radius 2 is 2.10 bits per heavy atom. The maximum Gasteiger partial charge on any atom is 0.252 e. The number of aromatic nitrogens is 3. The first-order chi connectivity index (χ1) is 14.0. The van der Waals surface area contributed by atoms with E-state index in [9.17, 15) is 14.3 Å². The van der Waals surface area contributed by atoms with Crippen LogP contribution in [0.25, 0.3) is 11.0 Å². The maximum atomic E-state index is 13.0. The Hall–Kier alpha value is -3.10. The molecule has 0 saturated carbocycles. The van der Waals surface area contributed by atoms with Gasteiger partial charge in [0.2, 0.25) is 0 Å². The Bertz CT molecular complexity index is 1140. The molecular weight excluding hydrogens is 391 g/mol. The van der Waals surface area contributed by atoms with E-state index in [2.05, 4.69) is 15.4 Å². The van der Waals surface area contributed by atoms with Crippen molar-refractivity contribution in [2.75, 3.05) is 6.54 Å². The molecule has 148 valence electrons. The molecule has 0 radical (unpaired) electrons. The molecule has 29 heavy (non-hydrogen) atoms. The van der Waals surface area contributed by atoms with Gasteiger partial charge in [0.1, 0.15) is 5.82 Å². The van der Waals surface area contributed by atoms with E-state index in [1.54, 1.807) is 28.3 Å². The number of halogens is 1. The van der Waals surface area contributed by atoms with E-state index in [1.165, 1.54) is 24.3 Å². The lowest BCUT2D eigenvalue weighted by Crippen LogP contribution is -2.28. The van der Waals surface area contributed by atoms with Crippen LogP contribution in [-0.4, -0.2) is 32.3 Å². The van der Waals surface area contributed by atoms with Gasteiger partial charge in [-0.3, -0.25) is 4.79 Å². The van der Waals surface area contributed by atoms with Crippen LogP contribution < -0.4 is 5.32 Å². The highest BCUT2D eigenvalue weighted by molar-refractivity contribution is 7.09. The third kappa shape index (κ3) is 4.18. The van der Waals surface area contributed by atoms with E-state index in [4.69, 9.17) is 0 Å². The predicted molar refractivity (Wildman–Crippen MR) is 109 cm³/mol. The number of nitrogens with one attached hydrogen (secondary N) is 1. The maximum absolute atomic E-state index is 13.0. The van der Waals surface area contributed by atoms with Crippen LogP contribution in [0, 0.1) is 12.7 Å². The van der Waals surface area contributed by atoms with Gasteiger partial charge in [0.05, 0.1) is 29.8 Å². The molecular formula is C21H19FN4O2S. The van der Waals surface area contributed by atoms with Crippen molar-refractivity contribution in [1.29, 1.82) is 0 Å². The highest BCUT2D eigenvalue weighted by Gasteiger charge is 2.17. The number of aryl methyl sites for hydroxylation is 1. The van der Waals surface area contributed by atoms with Crippen LogP contribution in [0.1, 0.15) is 32.6 Å². The summed E-state index contributed by atoms with van der Waals surface area (Å²) in [4.78, 5) is 18.5. The molecule has 8 heteroatoms. The van der Waals surface area contributed by atoms with Gasteiger partial charge in [0.25, 0.3) is 5.91 Å². The Kier molecular flexibility index (Phi) is 5.37. The van der Waals surface area contributed by atoms with Crippen LogP contribution in [-0.2, 0) is 6.54 Å². The van der Waals surface area contributed by atoms with Crippen LogP contribution in [0.4, 0.5) is 4.39 Å². The fourth-order valence-corrected chi connectivity index (χ4v) is 3.80. The van der Waals surface area contributed by atoms with Crippen molar-refractivity contribution >= 4 is 28.3 Å². The number of pyridine rings is 1. The number of fused-ring (bicyclic) bond motifs is 1. The van der Waals surface area contributed by atoms with Crippen molar-refractivity contribution in [2.45, 2.75) is 19.6 Å². The Labute approximate surface area is 170 Å². The molecule has 3 heterocycles. The Balaban J connectivity index is 1.54. The van der Waals surface area contributed by atoms with Gasteiger partial charge in [0, 0.05) is 17.1 Å². The molecule has 1 amide bonds. The fraction of sp³-hybridized carbons (Fsp3) is 0.190. The lowest BCUT2D eigenvalue weighted by atomic mass is 10.1. The summed E-state index contributed by atoms with van der Waals surface area (Å²) in [6, 6.07) is 11.3. The molecule has 1 unspecified atom stereocenters. The number of nitrogens with zero attached hydrogens (tertiary/aromatic N) is 3. The molecule has 6 nitrogen and oxygen atoms in total. The van der Waals surface area contributed by atoms with Crippen LogP contribution in [0.15, 0.2) is 54.0 Å². The zero-order chi connectivity index (χ0) is 20.4. The largest absolute Gasteiger partial charge is 0.387 e. The smallest absolute Gasteiger partial charge is 0.252 e. The number of carbonyl (C=O) groups excluding carboxylic acids is 1. The first-order valence-corrected chi connectivity index (χ1v) is 9.96. The van der Waals surface area contributed by atoms with Crippen molar-refractivity contribution in [3.63, 3.8) is 0 Å². The number of aliphatic hydroxyl groups is 1. The minimum absolute atomic E-state index is 0.0106. The van der Waals surface area contributed by atoms with Crippen LogP contribution >= 0.6 is 11.3 Å². The second-order valence-electron chi connectivity index (χ2n) is 6.71. The molecule has 0 aliphatic carbocycles. The summed E-state index contributed by atoms with van der Waals surface area (Å²) in [5.41, 5.74) is 2.33. The molecule has 0 spiro atoms. The Morgan fingerprint density at radius 1 is 1.31 bits per heavy atom. The highest BCUT2D eigenvalue weighted by Crippen LogP contribution is 2.21. The summed E-state index contributed by atoms with van der Waals surface area (Å²) in [6.07, 6.45) is 0.709. The molecule has 2 N–H and O–H groups in total. The van der Waals surface area contributed by atoms with Gasteiger partial charge in [0.15, 0.2) is 5.65 Å². The van der Waals surface area contributed by atoms with Gasteiger partial charge < -0.3 is 10.4 Å². The van der Waals surface area contributed by atoms with Gasteiger partial charge in [-0.15, -0.1) is 11.3 Å². The zero-order valence-electron chi connectivity index (χ0n) is 15.7. The molecule has 0 bridgehead atoms. The standard InChI is InChI=1S/C21H19FN4O2S/c1-13-9-17(21(28)23-11-19(27)14-4-6-15(22)7-5-14)18-10-24-26(20(18)25-13)12-16-3-2-8-29-16/h2-10,19,27H,11-12H2,1H3,(H,23,28). The summed E-state index contributed by atoms with van der Waals surface area (Å²) >= 11 is 1.64. The zero-order valence-corrected chi connectivity index (χ0v) is 16.5. The molecule has 1 atom stereocenters. The topological polar surface area (TPSA) is 80.0 Å². The summed E-state index contributed by atoms with van der Waals surface area (Å²) in [5.74, 6) is -0.698. The molecule has 0 aliphatic rings. The number of benzene rings is 1. The molecule has 4 aromatic rings. The van der Waals surface area contributed by atoms with Crippen molar-refractivity contribution in [3.05, 3.63) is 81.6 Å². The van der Waals surface area contributed by atoms with E-state index in [1.807, 2.05) is 24.4 Å². The number of thiophene rings is 1. The van der Waals surface area contributed by atoms with Gasteiger partial charge in [-0.25, -0.2) is 14.1 Å². The van der Waals surface area contributed by atoms with Gasteiger partial charge >= 0.3 is 0 Å². The van der Waals surface area contributed by atoms with E-state index in [0.717, 1.165) is 4.88 Å². The second-order valence-corrected chi connectivity index (χ2v) is 7.74. The molecule has 4 rings (SSSR count). The summed E-state index contributed by atoms with van der Waals surface area (Å²) in [6.45, 7) is 2.42. The van der Waals surface area contributed by atoms with Gasteiger partial charge in [-0.05, 0) is 42.1 Å². The number of rotatable bonds is 6. The minimum Gasteiger partial charge on any atom is -0.387 e. The predicted octanol–water partition coefficient (Wildman–Crippen LogP) is 3.45. The van der Waals surface area contributed by atoms with Crippen molar-refractivity contribution in [2.24, 2.45) is 0 Å². The van der Waals surface area contributed by atoms with Gasteiger partial charge in [-0.1, -0.05) is 18.2 Å². The number of carbonyl (C=O) groups is 1. The van der Waals surface area contributed by atoms with E-state index < -0.39 is 6.10 Å². The number of amides is 1. The van der Waals surface area contributed by atoms with Crippen LogP contribution in [0.5, 0.6) is 0 Å². The molecule has 1 aromatic carbocycles.